The van der Waals surface area contributed by atoms with Crippen molar-refractivity contribution >= 4 is 17.2 Å². The minimum Gasteiger partial charge on any atom is -0.497 e. The molecule has 1 heterocycles. The number of nitrogens with zero attached hydrogens (tertiary/aromatic N) is 2. The molecule has 1 aromatic heterocycles. The van der Waals surface area contributed by atoms with Crippen molar-refractivity contribution in [2.75, 3.05) is 7.11 Å². The largest absolute Gasteiger partial charge is 0.497 e. The van der Waals surface area contributed by atoms with E-state index < -0.39 is 0 Å². The topological polar surface area (TPSA) is 62.3 Å². The maximum Gasteiger partial charge on any atom is 0.165 e. The predicted molar refractivity (Wildman–Crippen MR) is 76.9 cm³/mol. The Bertz CT molecular complexity index is 595. The summed E-state index contributed by atoms with van der Waals surface area (Å²) in [5, 5.41) is 4.14. The second kappa shape index (κ2) is 5.71. The number of hydrogen-bond acceptors (Lipinski definition) is 4. The molecule has 0 spiro atoms. The summed E-state index contributed by atoms with van der Waals surface area (Å²) in [5.41, 5.74) is 6.35. The zero-order valence-corrected chi connectivity index (χ0v) is 11.6. The molecule has 0 saturated carbocycles. The van der Waals surface area contributed by atoms with Crippen LogP contribution in [0, 0.1) is 0 Å². The number of nitrogens with two attached hydrogens (primary N) is 1. The third-order valence-electron chi connectivity index (χ3n) is 2.62. The highest BCUT2D eigenvalue weighted by atomic mass is 32.1. The van der Waals surface area contributed by atoms with Gasteiger partial charge in [0.05, 0.1) is 25.1 Å². The van der Waals surface area contributed by atoms with Crippen molar-refractivity contribution in [2.45, 2.75) is 13.5 Å². The van der Waals surface area contributed by atoms with Crippen molar-refractivity contribution in [1.82, 2.24) is 9.78 Å². The van der Waals surface area contributed by atoms with Gasteiger partial charge >= 0.3 is 0 Å². The zero-order valence-electron chi connectivity index (χ0n) is 10.8. The average Bonchev–Trinajstić information content (AvgIpc) is 2.86. The summed E-state index contributed by atoms with van der Waals surface area (Å²) in [4.78, 5) is 0.278. The fourth-order valence-electron chi connectivity index (χ4n) is 1.61. The summed E-state index contributed by atoms with van der Waals surface area (Å²) in [6.07, 6.45) is 3.45. The van der Waals surface area contributed by atoms with Crippen molar-refractivity contribution in [3.63, 3.8) is 0 Å². The van der Waals surface area contributed by atoms with E-state index >= 15 is 0 Å². The molecule has 0 amide bonds. The summed E-state index contributed by atoms with van der Waals surface area (Å²) < 4.78 is 12.7. The molecule has 0 aliphatic rings. The minimum absolute atomic E-state index is 0.278. The fourth-order valence-corrected chi connectivity index (χ4v) is 1.78. The van der Waals surface area contributed by atoms with Crippen LogP contribution in [0.1, 0.15) is 12.5 Å². The van der Waals surface area contributed by atoms with Crippen molar-refractivity contribution in [3.05, 3.63) is 36.2 Å². The van der Waals surface area contributed by atoms with Crippen LogP contribution in [0.2, 0.25) is 0 Å². The molecule has 0 unspecified atom stereocenters. The van der Waals surface area contributed by atoms with Gasteiger partial charge in [-0.15, -0.1) is 0 Å². The Balaban J connectivity index is 2.33. The summed E-state index contributed by atoms with van der Waals surface area (Å²) in [7, 11) is 1.59. The Morgan fingerprint density at radius 2 is 2.21 bits per heavy atom. The Kier molecular flexibility index (Phi) is 4.01. The number of benzene rings is 1. The number of aromatic nitrogens is 2. The average molecular weight is 277 g/mol. The van der Waals surface area contributed by atoms with Gasteiger partial charge in [-0.2, -0.15) is 5.10 Å². The molecule has 0 fully saturated rings. The van der Waals surface area contributed by atoms with Crippen LogP contribution >= 0.6 is 12.2 Å². The highest BCUT2D eigenvalue weighted by Crippen LogP contribution is 2.29. The molecule has 0 saturated heterocycles. The summed E-state index contributed by atoms with van der Waals surface area (Å²) in [6, 6.07) is 5.31. The molecule has 0 bridgehead atoms. The Labute approximate surface area is 116 Å². The second-order valence-electron chi connectivity index (χ2n) is 3.86. The maximum absolute atomic E-state index is 5.76. The van der Waals surface area contributed by atoms with Crippen molar-refractivity contribution < 1.29 is 9.47 Å². The van der Waals surface area contributed by atoms with Crippen LogP contribution in [0.3, 0.4) is 0 Å². The van der Waals surface area contributed by atoms with E-state index in [1.165, 1.54) is 0 Å². The third-order valence-corrected chi connectivity index (χ3v) is 2.84. The van der Waals surface area contributed by atoms with Crippen LogP contribution in [-0.2, 0) is 6.54 Å². The van der Waals surface area contributed by atoms with Gasteiger partial charge in [0.15, 0.2) is 5.75 Å². The number of ether oxygens (including phenoxy) is 2. The summed E-state index contributed by atoms with van der Waals surface area (Å²) >= 11 is 5.01. The number of rotatable bonds is 5. The van der Waals surface area contributed by atoms with Crippen LogP contribution in [0.5, 0.6) is 17.2 Å². The van der Waals surface area contributed by atoms with E-state index in [1.54, 1.807) is 36.2 Å². The second-order valence-corrected chi connectivity index (χ2v) is 4.30. The first-order valence-electron chi connectivity index (χ1n) is 5.82. The Morgan fingerprint density at radius 3 is 2.79 bits per heavy atom. The molecule has 2 N–H and O–H groups in total. The van der Waals surface area contributed by atoms with Gasteiger partial charge in [-0.3, -0.25) is 4.68 Å². The quantitative estimate of drug-likeness (QED) is 0.850. The number of aryl methyl sites for hydroxylation is 1. The third kappa shape index (κ3) is 3.03. The number of thiocarbonyl (C=S) groups is 1. The summed E-state index contributed by atoms with van der Waals surface area (Å²) in [6.45, 7) is 2.78. The Morgan fingerprint density at radius 1 is 1.42 bits per heavy atom. The van der Waals surface area contributed by atoms with Gasteiger partial charge < -0.3 is 15.2 Å². The lowest BCUT2D eigenvalue weighted by molar-refractivity contribution is 0.409. The molecule has 1 aromatic carbocycles. The van der Waals surface area contributed by atoms with Crippen molar-refractivity contribution in [3.8, 4) is 17.2 Å². The van der Waals surface area contributed by atoms with Crippen molar-refractivity contribution in [2.24, 2.45) is 5.73 Å². The van der Waals surface area contributed by atoms with Gasteiger partial charge in [-0.1, -0.05) is 12.2 Å². The minimum atomic E-state index is 0.278. The van der Waals surface area contributed by atoms with E-state index in [0.717, 1.165) is 6.54 Å². The number of hydrogen-bond donors (Lipinski definition) is 1. The van der Waals surface area contributed by atoms with Gasteiger partial charge in [-0.25, -0.2) is 0 Å². The lowest BCUT2D eigenvalue weighted by Gasteiger charge is -2.10. The van der Waals surface area contributed by atoms with Crippen molar-refractivity contribution in [1.29, 1.82) is 0 Å². The van der Waals surface area contributed by atoms with Gasteiger partial charge in [0, 0.05) is 12.6 Å². The summed E-state index contributed by atoms with van der Waals surface area (Å²) in [5.74, 6) is 1.87. The molecular weight excluding hydrogens is 262 g/mol. The molecule has 6 heteroatoms. The molecule has 0 radical (unpaired) electrons. The predicted octanol–water partition coefficient (Wildman–Crippen LogP) is 2.34. The van der Waals surface area contributed by atoms with E-state index in [2.05, 4.69) is 5.10 Å². The van der Waals surface area contributed by atoms with Gasteiger partial charge in [-0.05, 0) is 19.1 Å². The van der Waals surface area contributed by atoms with Crippen LogP contribution in [0.15, 0.2) is 30.6 Å². The van der Waals surface area contributed by atoms with Gasteiger partial charge in [0.1, 0.15) is 16.5 Å². The van der Waals surface area contributed by atoms with Crippen LogP contribution in [-0.4, -0.2) is 21.9 Å². The zero-order chi connectivity index (χ0) is 13.8. The van der Waals surface area contributed by atoms with E-state index in [-0.39, 0.29) is 4.99 Å². The van der Waals surface area contributed by atoms with Crippen LogP contribution in [0.4, 0.5) is 0 Å². The van der Waals surface area contributed by atoms with E-state index in [4.69, 9.17) is 27.4 Å². The van der Waals surface area contributed by atoms with E-state index in [0.29, 0.717) is 22.8 Å². The molecule has 0 aliphatic heterocycles. The lowest BCUT2D eigenvalue weighted by Crippen LogP contribution is -2.10. The first-order chi connectivity index (χ1) is 9.13. The van der Waals surface area contributed by atoms with Gasteiger partial charge in [0.25, 0.3) is 0 Å². The molecule has 0 aliphatic carbocycles. The first kappa shape index (κ1) is 13.4. The fraction of sp³-hybridized carbons (Fsp3) is 0.231. The highest BCUT2D eigenvalue weighted by Gasteiger charge is 2.10. The molecule has 19 heavy (non-hydrogen) atoms. The smallest absolute Gasteiger partial charge is 0.165 e. The standard InChI is InChI=1S/C13H15N3O2S/c1-3-16-8-10(7-15-16)18-12-6-9(17-2)4-5-11(12)13(14)19/h4-8H,3H2,1-2H3,(H2,14,19). The first-order valence-corrected chi connectivity index (χ1v) is 6.23. The highest BCUT2D eigenvalue weighted by molar-refractivity contribution is 7.80. The van der Waals surface area contributed by atoms with Gasteiger partial charge in [0.2, 0.25) is 0 Å². The maximum atomic E-state index is 5.76. The SMILES string of the molecule is CCn1cc(Oc2cc(OC)ccc2C(N)=S)cn1. The molecule has 0 atom stereocenters. The molecule has 5 nitrogen and oxygen atoms in total. The molecule has 2 rings (SSSR count). The monoisotopic (exact) mass is 277 g/mol. The molecule has 100 valence electrons. The Hall–Kier alpha value is -2.08. The lowest BCUT2D eigenvalue weighted by atomic mass is 10.2. The molecule has 2 aromatic rings. The van der Waals surface area contributed by atoms with Crippen LogP contribution in [0.25, 0.3) is 0 Å². The number of methoxy groups -OCH3 is 1. The van der Waals surface area contributed by atoms with E-state index in [9.17, 15) is 0 Å². The molecular formula is C13H15N3O2S. The van der Waals surface area contributed by atoms with Crippen LogP contribution < -0.4 is 15.2 Å². The van der Waals surface area contributed by atoms with E-state index in [1.807, 2.05) is 13.1 Å². The normalized spacial score (nSPS) is 10.2.